The highest BCUT2D eigenvalue weighted by atomic mass is 14.9. The first kappa shape index (κ1) is 12.9. The first-order valence-corrected chi connectivity index (χ1v) is 6.65. The summed E-state index contributed by atoms with van der Waals surface area (Å²) >= 11 is 0. The van der Waals surface area contributed by atoms with E-state index in [1.807, 2.05) is 6.07 Å². The molecule has 0 unspecified atom stereocenters. The van der Waals surface area contributed by atoms with E-state index in [-0.39, 0.29) is 0 Å². The van der Waals surface area contributed by atoms with E-state index in [0.29, 0.717) is 5.92 Å². The lowest BCUT2D eigenvalue weighted by molar-refractivity contribution is 0.632. The summed E-state index contributed by atoms with van der Waals surface area (Å²) in [5, 5.41) is 3.45. The van der Waals surface area contributed by atoms with E-state index in [2.05, 4.69) is 60.5 Å². The van der Waals surface area contributed by atoms with E-state index in [1.54, 1.807) is 0 Å². The molecule has 2 N–H and O–H groups in total. The summed E-state index contributed by atoms with van der Waals surface area (Å²) in [6, 6.07) is 14.9. The molecule has 0 aliphatic heterocycles. The van der Waals surface area contributed by atoms with Crippen LogP contribution >= 0.6 is 0 Å². The highest BCUT2D eigenvalue weighted by Gasteiger charge is 2.01. The number of nitrogens with one attached hydrogen (secondary N) is 2. The maximum atomic E-state index is 3.47. The molecule has 0 saturated carbocycles. The third-order valence-electron chi connectivity index (χ3n) is 2.92. The SMILES string of the molecule is CC(C)Cc1ccc(CNCc2ccccc2)[nH]1. The van der Waals surface area contributed by atoms with Crippen LogP contribution in [0.25, 0.3) is 0 Å². The van der Waals surface area contributed by atoms with Crippen molar-refractivity contribution >= 4 is 0 Å². The molecule has 0 saturated heterocycles. The molecule has 2 rings (SSSR count). The molecule has 0 spiro atoms. The van der Waals surface area contributed by atoms with Gasteiger partial charge in [0.15, 0.2) is 0 Å². The predicted octanol–water partition coefficient (Wildman–Crippen LogP) is 3.50. The van der Waals surface area contributed by atoms with Crippen molar-refractivity contribution in [2.45, 2.75) is 33.4 Å². The summed E-state index contributed by atoms with van der Waals surface area (Å²) in [5.41, 5.74) is 3.93. The van der Waals surface area contributed by atoms with Crippen molar-refractivity contribution in [3.05, 3.63) is 59.4 Å². The first-order chi connectivity index (χ1) is 8.74. The van der Waals surface area contributed by atoms with Crippen molar-refractivity contribution in [2.75, 3.05) is 0 Å². The fraction of sp³-hybridized carbons (Fsp3) is 0.375. The van der Waals surface area contributed by atoms with Crippen molar-refractivity contribution in [1.82, 2.24) is 10.3 Å². The van der Waals surface area contributed by atoms with Gasteiger partial charge in [-0.1, -0.05) is 44.2 Å². The van der Waals surface area contributed by atoms with Crippen LogP contribution in [-0.2, 0) is 19.5 Å². The Hall–Kier alpha value is -1.54. The number of aromatic nitrogens is 1. The van der Waals surface area contributed by atoms with Gasteiger partial charge < -0.3 is 10.3 Å². The Morgan fingerprint density at radius 2 is 1.67 bits per heavy atom. The van der Waals surface area contributed by atoms with Crippen LogP contribution in [0.1, 0.15) is 30.8 Å². The zero-order chi connectivity index (χ0) is 12.8. The molecular formula is C16H22N2. The van der Waals surface area contributed by atoms with Crippen molar-refractivity contribution in [2.24, 2.45) is 5.92 Å². The molecule has 0 radical (unpaired) electrons. The topological polar surface area (TPSA) is 27.8 Å². The molecule has 0 atom stereocenters. The zero-order valence-corrected chi connectivity index (χ0v) is 11.2. The van der Waals surface area contributed by atoms with Crippen molar-refractivity contribution in [3.63, 3.8) is 0 Å². The molecule has 0 bridgehead atoms. The molecule has 1 aromatic carbocycles. The minimum atomic E-state index is 0.703. The van der Waals surface area contributed by atoms with Crippen LogP contribution < -0.4 is 5.32 Å². The summed E-state index contributed by atoms with van der Waals surface area (Å²) in [5.74, 6) is 0.703. The molecule has 18 heavy (non-hydrogen) atoms. The van der Waals surface area contributed by atoms with Crippen LogP contribution in [0.3, 0.4) is 0 Å². The van der Waals surface area contributed by atoms with E-state index < -0.39 is 0 Å². The van der Waals surface area contributed by atoms with E-state index >= 15 is 0 Å². The Bertz CT molecular complexity index is 457. The Kier molecular flexibility index (Phi) is 4.59. The van der Waals surface area contributed by atoms with Gasteiger partial charge in [-0.2, -0.15) is 0 Å². The monoisotopic (exact) mass is 242 g/mol. The molecule has 0 fully saturated rings. The number of aromatic amines is 1. The quantitative estimate of drug-likeness (QED) is 0.797. The van der Waals surface area contributed by atoms with Crippen LogP contribution in [0, 0.1) is 5.92 Å². The minimum absolute atomic E-state index is 0.703. The largest absolute Gasteiger partial charge is 0.361 e. The summed E-state index contributed by atoms with van der Waals surface area (Å²) < 4.78 is 0. The van der Waals surface area contributed by atoms with Crippen molar-refractivity contribution in [1.29, 1.82) is 0 Å². The van der Waals surface area contributed by atoms with E-state index in [9.17, 15) is 0 Å². The van der Waals surface area contributed by atoms with Gasteiger partial charge in [0.25, 0.3) is 0 Å². The van der Waals surface area contributed by atoms with Crippen molar-refractivity contribution in [3.8, 4) is 0 Å². The maximum absolute atomic E-state index is 3.47. The zero-order valence-electron chi connectivity index (χ0n) is 11.2. The molecule has 0 amide bonds. The van der Waals surface area contributed by atoms with Crippen molar-refractivity contribution < 1.29 is 0 Å². The van der Waals surface area contributed by atoms with Gasteiger partial charge >= 0.3 is 0 Å². The lowest BCUT2D eigenvalue weighted by Gasteiger charge is -2.04. The standard InChI is InChI=1S/C16H22N2/c1-13(2)10-15-8-9-16(18-15)12-17-11-14-6-4-3-5-7-14/h3-9,13,17-18H,10-12H2,1-2H3. The number of hydrogen-bond donors (Lipinski definition) is 2. The van der Waals surface area contributed by atoms with Gasteiger partial charge in [-0.3, -0.25) is 0 Å². The highest BCUT2D eigenvalue weighted by Crippen LogP contribution is 2.08. The van der Waals surface area contributed by atoms with Gasteiger partial charge in [0.2, 0.25) is 0 Å². The van der Waals surface area contributed by atoms with Gasteiger partial charge in [0, 0.05) is 24.5 Å². The normalized spacial score (nSPS) is 11.1. The minimum Gasteiger partial charge on any atom is -0.361 e. The molecule has 96 valence electrons. The average Bonchev–Trinajstić information content (AvgIpc) is 2.77. The van der Waals surface area contributed by atoms with Gasteiger partial charge in [0.05, 0.1) is 0 Å². The first-order valence-electron chi connectivity index (χ1n) is 6.65. The maximum Gasteiger partial charge on any atom is 0.0360 e. The Balaban J connectivity index is 1.78. The molecule has 2 nitrogen and oxygen atoms in total. The highest BCUT2D eigenvalue weighted by molar-refractivity contribution is 5.16. The second-order valence-electron chi connectivity index (χ2n) is 5.20. The number of hydrogen-bond acceptors (Lipinski definition) is 1. The van der Waals surface area contributed by atoms with Crippen LogP contribution in [0.15, 0.2) is 42.5 Å². The Morgan fingerprint density at radius 1 is 0.944 bits per heavy atom. The third kappa shape index (κ3) is 4.04. The lowest BCUT2D eigenvalue weighted by Crippen LogP contribution is -2.12. The number of benzene rings is 1. The third-order valence-corrected chi connectivity index (χ3v) is 2.92. The molecule has 2 aromatic rings. The van der Waals surface area contributed by atoms with Crippen LogP contribution in [-0.4, -0.2) is 4.98 Å². The Morgan fingerprint density at radius 3 is 2.39 bits per heavy atom. The fourth-order valence-electron chi connectivity index (χ4n) is 2.09. The van der Waals surface area contributed by atoms with E-state index in [1.165, 1.54) is 17.0 Å². The summed E-state index contributed by atoms with van der Waals surface area (Å²) in [6.45, 7) is 6.30. The summed E-state index contributed by atoms with van der Waals surface area (Å²) in [6.07, 6.45) is 1.12. The molecule has 2 heteroatoms. The van der Waals surface area contributed by atoms with Crippen LogP contribution in [0.2, 0.25) is 0 Å². The second-order valence-corrected chi connectivity index (χ2v) is 5.20. The Labute approximate surface area is 109 Å². The van der Waals surface area contributed by atoms with E-state index in [4.69, 9.17) is 0 Å². The van der Waals surface area contributed by atoms with Gasteiger partial charge in [0.1, 0.15) is 0 Å². The molecule has 0 aliphatic carbocycles. The number of H-pyrrole nitrogens is 1. The second kappa shape index (κ2) is 6.41. The van der Waals surface area contributed by atoms with Gasteiger partial charge in [-0.05, 0) is 30.0 Å². The molecule has 1 aromatic heterocycles. The smallest absolute Gasteiger partial charge is 0.0360 e. The summed E-state index contributed by atoms with van der Waals surface area (Å²) in [4.78, 5) is 3.47. The average molecular weight is 242 g/mol. The molecular weight excluding hydrogens is 220 g/mol. The molecule has 1 heterocycles. The lowest BCUT2D eigenvalue weighted by atomic mass is 10.1. The van der Waals surface area contributed by atoms with Crippen LogP contribution in [0.4, 0.5) is 0 Å². The number of rotatable bonds is 6. The van der Waals surface area contributed by atoms with Gasteiger partial charge in [-0.25, -0.2) is 0 Å². The summed E-state index contributed by atoms with van der Waals surface area (Å²) in [7, 11) is 0. The van der Waals surface area contributed by atoms with Gasteiger partial charge in [-0.15, -0.1) is 0 Å². The predicted molar refractivity (Wildman–Crippen MR) is 76.3 cm³/mol. The van der Waals surface area contributed by atoms with Crippen LogP contribution in [0.5, 0.6) is 0 Å². The van der Waals surface area contributed by atoms with E-state index in [0.717, 1.165) is 19.5 Å². The fourth-order valence-corrected chi connectivity index (χ4v) is 2.09. The molecule has 0 aliphatic rings.